The predicted octanol–water partition coefficient (Wildman–Crippen LogP) is 3.67. The molecule has 0 aliphatic carbocycles. The van der Waals surface area contributed by atoms with Crippen LogP contribution >= 0.6 is 27.3 Å². The SMILES string of the molecule is C=CCOC(=O)C1=C(C)N=c2s/c(=C\c3cc(Br)ccc3OC(C)=O)c(=O)n2[C@@H]1c1ccc(OC)c(OC)c1. The molecule has 9 nitrogen and oxygen atoms in total. The summed E-state index contributed by atoms with van der Waals surface area (Å²) in [7, 11) is 3.03. The van der Waals surface area contributed by atoms with E-state index < -0.39 is 18.0 Å². The molecule has 1 aromatic heterocycles. The Hall–Kier alpha value is -3.96. The number of allylic oxidation sites excluding steroid dienone is 1. The summed E-state index contributed by atoms with van der Waals surface area (Å²) in [6, 6.07) is 9.45. The van der Waals surface area contributed by atoms with Crippen LogP contribution in [0.3, 0.4) is 0 Å². The van der Waals surface area contributed by atoms with Crippen molar-refractivity contribution in [3.8, 4) is 17.2 Å². The second-order valence-corrected chi connectivity index (χ2v) is 10.3. The lowest BCUT2D eigenvalue weighted by atomic mass is 9.95. The minimum Gasteiger partial charge on any atom is -0.493 e. The summed E-state index contributed by atoms with van der Waals surface area (Å²) < 4.78 is 24.1. The molecule has 2 aromatic carbocycles. The molecule has 202 valence electrons. The van der Waals surface area contributed by atoms with Crippen molar-refractivity contribution in [3.63, 3.8) is 0 Å². The van der Waals surface area contributed by atoms with E-state index in [1.165, 1.54) is 31.8 Å². The lowest BCUT2D eigenvalue weighted by molar-refractivity contribution is -0.138. The molecule has 0 spiro atoms. The minimum absolute atomic E-state index is 0.000494. The van der Waals surface area contributed by atoms with Crippen LogP contribution in [0.25, 0.3) is 6.08 Å². The van der Waals surface area contributed by atoms with Crippen molar-refractivity contribution in [1.82, 2.24) is 4.57 Å². The van der Waals surface area contributed by atoms with Gasteiger partial charge in [0.2, 0.25) is 0 Å². The summed E-state index contributed by atoms with van der Waals surface area (Å²) in [5.74, 6) is 0.135. The van der Waals surface area contributed by atoms with Crippen LogP contribution in [0.1, 0.15) is 31.0 Å². The number of carbonyl (C=O) groups is 2. The predicted molar refractivity (Wildman–Crippen MR) is 150 cm³/mol. The molecule has 3 aromatic rings. The number of halogens is 1. The van der Waals surface area contributed by atoms with Crippen LogP contribution in [0.15, 0.2) is 74.6 Å². The van der Waals surface area contributed by atoms with Gasteiger partial charge in [-0.3, -0.25) is 14.2 Å². The van der Waals surface area contributed by atoms with E-state index in [2.05, 4.69) is 27.5 Å². The van der Waals surface area contributed by atoms with E-state index in [9.17, 15) is 14.4 Å². The van der Waals surface area contributed by atoms with Crippen LogP contribution in [-0.2, 0) is 14.3 Å². The molecular formula is C28H25BrN2O7S. The van der Waals surface area contributed by atoms with Gasteiger partial charge in [-0.05, 0) is 48.9 Å². The van der Waals surface area contributed by atoms with Gasteiger partial charge >= 0.3 is 11.9 Å². The summed E-state index contributed by atoms with van der Waals surface area (Å²) in [6.07, 6.45) is 3.10. The number of carbonyl (C=O) groups excluding carboxylic acids is 2. The van der Waals surface area contributed by atoms with Gasteiger partial charge in [-0.1, -0.05) is 46.0 Å². The van der Waals surface area contributed by atoms with Crippen LogP contribution in [0.5, 0.6) is 17.2 Å². The normalized spacial score (nSPS) is 14.8. The quantitative estimate of drug-likeness (QED) is 0.217. The number of hydrogen-bond donors (Lipinski definition) is 0. The van der Waals surface area contributed by atoms with E-state index >= 15 is 0 Å². The number of rotatable bonds is 8. The second kappa shape index (κ2) is 11.8. The van der Waals surface area contributed by atoms with Gasteiger partial charge in [-0.25, -0.2) is 9.79 Å². The molecule has 11 heteroatoms. The fraction of sp³-hybridized carbons (Fsp3) is 0.214. The largest absolute Gasteiger partial charge is 0.493 e. The van der Waals surface area contributed by atoms with Crippen LogP contribution < -0.4 is 29.1 Å². The topological polar surface area (TPSA) is 105 Å². The first kappa shape index (κ1) is 28.1. The van der Waals surface area contributed by atoms with Gasteiger partial charge in [0.1, 0.15) is 12.4 Å². The van der Waals surface area contributed by atoms with Crippen molar-refractivity contribution in [2.45, 2.75) is 19.9 Å². The van der Waals surface area contributed by atoms with Crippen molar-refractivity contribution >= 4 is 45.3 Å². The van der Waals surface area contributed by atoms with Crippen LogP contribution in [0.2, 0.25) is 0 Å². The molecule has 0 bridgehead atoms. The molecule has 1 atom stereocenters. The Balaban J connectivity index is 1.97. The molecule has 0 fully saturated rings. The van der Waals surface area contributed by atoms with E-state index in [0.29, 0.717) is 43.4 Å². The zero-order valence-corrected chi connectivity index (χ0v) is 24.1. The number of fused-ring (bicyclic) bond motifs is 1. The van der Waals surface area contributed by atoms with Crippen molar-refractivity contribution in [2.75, 3.05) is 20.8 Å². The maximum atomic E-state index is 13.9. The Labute approximate surface area is 236 Å². The Kier molecular flexibility index (Phi) is 8.51. The third kappa shape index (κ3) is 5.74. The van der Waals surface area contributed by atoms with Gasteiger partial charge < -0.3 is 18.9 Å². The molecule has 2 heterocycles. The summed E-state index contributed by atoms with van der Waals surface area (Å²) >= 11 is 4.58. The molecule has 0 radical (unpaired) electrons. The third-order valence-electron chi connectivity index (χ3n) is 5.81. The van der Waals surface area contributed by atoms with Crippen molar-refractivity contribution in [2.24, 2.45) is 4.99 Å². The molecule has 1 aliphatic heterocycles. The van der Waals surface area contributed by atoms with Gasteiger partial charge in [-0.15, -0.1) is 0 Å². The molecular weight excluding hydrogens is 588 g/mol. The summed E-state index contributed by atoms with van der Waals surface area (Å²) in [5, 5.41) is 0. The fourth-order valence-corrected chi connectivity index (χ4v) is 5.57. The fourth-order valence-electron chi connectivity index (χ4n) is 4.15. The number of nitrogens with zero attached hydrogens (tertiary/aromatic N) is 2. The lowest BCUT2D eigenvalue weighted by Gasteiger charge is -2.25. The molecule has 0 N–H and O–H groups in total. The molecule has 0 saturated carbocycles. The standard InChI is InChI=1S/C28H25BrN2O7S/c1-6-11-37-27(34)24-15(2)30-28-31(25(24)17-7-9-21(35-4)22(13-17)36-5)26(33)23(39-28)14-18-12-19(29)8-10-20(18)38-16(3)32/h6-10,12-14,25H,1,11H2,2-5H3/b23-14-/t25-/m1/s1. The third-order valence-corrected chi connectivity index (χ3v) is 7.29. The first-order valence-electron chi connectivity index (χ1n) is 11.7. The van der Waals surface area contributed by atoms with E-state index in [4.69, 9.17) is 18.9 Å². The maximum Gasteiger partial charge on any atom is 0.338 e. The average Bonchev–Trinajstić information content (AvgIpc) is 3.21. The summed E-state index contributed by atoms with van der Waals surface area (Å²) in [6.45, 7) is 6.60. The highest BCUT2D eigenvalue weighted by molar-refractivity contribution is 9.10. The van der Waals surface area contributed by atoms with Crippen LogP contribution in [0, 0.1) is 0 Å². The zero-order chi connectivity index (χ0) is 28.3. The first-order chi connectivity index (χ1) is 18.7. The summed E-state index contributed by atoms with van der Waals surface area (Å²) in [4.78, 5) is 43.7. The monoisotopic (exact) mass is 612 g/mol. The van der Waals surface area contributed by atoms with Gasteiger partial charge in [-0.2, -0.15) is 0 Å². The molecule has 1 aliphatic rings. The van der Waals surface area contributed by atoms with E-state index in [-0.39, 0.29) is 17.7 Å². The number of thiazole rings is 1. The highest BCUT2D eigenvalue weighted by atomic mass is 79.9. The smallest absolute Gasteiger partial charge is 0.338 e. The summed E-state index contributed by atoms with van der Waals surface area (Å²) in [5.41, 5.74) is 1.37. The Morgan fingerprint density at radius 3 is 2.51 bits per heavy atom. The number of methoxy groups -OCH3 is 2. The zero-order valence-electron chi connectivity index (χ0n) is 21.6. The minimum atomic E-state index is -0.851. The average molecular weight is 613 g/mol. The Morgan fingerprint density at radius 1 is 1.13 bits per heavy atom. The maximum absolute atomic E-state index is 13.9. The van der Waals surface area contributed by atoms with Crippen molar-refractivity contribution in [3.05, 3.63) is 95.6 Å². The lowest BCUT2D eigenvalue weighted by Crippen LogP contribution is -2.40. The molecule has 0 amide bonds. The molecule has 0 unspecified atom stereocenters. The Bertz CT molecular complexity index is 1690. The van der Waals surface area contributed by atoms with Gasteiger partial charge in [0, 0.05) is 17.0 Å². The number of ether oxygens (including phenoxy) is 4. The number of esters is 2. The highest BCUT2D eigenvalue weighted by Gasteiger charge is 2.34. The molecule has 0 saturated heterocycles. The highest BCUT2D eigenvalue weighted by Crippen LogP contribution is 2.36. The second-order valence-electron chi connectivity index (χ2n) is 8.36. The van der Waals surface area contributed by atoms with E-state index in [1.807, 2.05) is 0 Å². The van der Waals surface area contributed by atoms with Gasteiger partial charge in [0.15, 0.2) is 16.3 Å². The van der Waals surface area contributed by atoms with Crippen LogP contribution in [-0.4, -0.2) is 37.3 Å². The number of benzene rings is 2. The van der Waals surface area contributed by atoms with Gasteiger partial charge in [0.05, 0.1) is 36.1 Å². The first-order valence-corrected chi connectivity index (χ1v) is 13.3. The van der Waals surface area contributed by atoms with Gasteiger partial charge in [0.25, 0.3) is 5.56 Å². The van der Waals surface area contributed by atoms with Crippen LogP contribution in [0.4, 0.5) is 0 Å². The number of aromatic nitrogens is 1. The number of hydrogen-bond acceptors (Lipinski definition) is 9. The van der Waals surface area contributed by atoms with E-state index in [1.54, 1.807) is 49.4 Å². The molecule has 4 rings (SSSR count). The van der Waals surface area contributed by atoms with Crippen molar-refractivity contribution in [1.29, 1.82) is 0 Å². The Morgan fingerprint density at radius 2 is 1.85 bits per heavy atom. The molecule has 39 heavy (non-hydrogen) atoms. The van der Waals surface area contributed by atoms with E-state index in [0.717, 1.165) is 15.8 Å². The van der Waals surface area contributed by atoms with Crippen molar-refractivity contribution < 1.29 is 28.5 Å².